The Balaban J connectivity index is 1.59. The summed E-state index contributed by atoms with van der Waals surface area (Å²) >= 11 is 7.57. The Hall–Kier alpha value is -2.25. The lowest BCUT2D eigenvalue weighted by atomic mass is 10.2. The number of ether oxygens (including phenoxy) is 1. The first-order chi connectivity index (χ1) is 11.6. The molecule has 2 N–H and O–H groups in total. The van der Waals surface area contributed by atoms with Crippen LogP contribution in [0, 0.1) is 5.82 Å². The van der Waals surface area contributed by atoms with Crippen LogP contribution in [-0.4, -0.2) is 27.2 Å². The molecule has 0 saturated carbocycles. The van der Waals surface area contributed by atoms with Gasteiger partial charge in [-0.2, -0.15) is 0 Å². The first-order valence-corrected chi connectivity index (χ1v) is 8.48. The minimum absolute atomic E-state index is 0.292. The third-order valence-corrected chi connectivity index (χ3v) is 4.41. The van der Waals surface area contributed by atoms with Gasteiger partial charge in [0.05, 0.1) is 11.6 Å². The van der Waals surface area contributed by atoms with Crippen molar-refractivity contribution in [2.24, 2.45) is 0 Å². The lowest BCUT2D eigenvalue weighted by Crippen LogP contribution is -2.12. The molecular weight excluding hydrogens is 351 g/mol. The van der Waals surface area contributed by atoms with E-state index in [1.54, 1.807) is 18.2 Å². The third kappa shape index (κ3) is 3.80. The lowest BCUT2D eigenvalue weighted by Gasteiger charge is -2.06. The monoisotopic (exact) mass is 364 g/mol. The molecular formula is C16H14ClFN4OS. The number of halogens is 2. The molecule has 24 heavy (non-hydrogen) atoms. The molecule has 0 spiro atoms. The molecule has 3 aromatic rings. The summed E-state index contributed by atoms with van der Waals surface area (Å²) in [5.41, 5.74) is 0.726. The second-order valence-electron chi connectivity index (χ2n) is 4.81. The van der Waals surface area contributed by atoms with Crippen LogP contribution < -0.4 is 10.6 Å². The summed E-state index contributed by atoms with van der Waals surface area (Å²) in [4.78, 5) is 0. The van der Waals surface area contributed by atoms with E-state index in [1.807, 2.05) is 18.2 Å². The maximum absolute atomic E-state index is 12.8. The second kappa shape index (κ2) is 7.55. The molecule has 0 fully saturated rings. The van der Waals surface area contributed by atoms with Crippen molar-refractivity contribution in [3.63, 3.8) is 0 Å². The molecule has 0 atom stereocenters. The van der Waals surface area contributed by atoms with Gasteiger partial charge in [0, 0.05) is 11.3 Å². The molecule has 3 rings (SSSR count). The molecule has 1 aromatic heterocycles. The van der Waals surface area contributed by atoms with Gasteiger partial charge in [-0.05, 0) is 36.4 Å². The van der Waals surface area contributed by atoms with Crippen molar-refractivity contribution in [2.75, 3.05) is 18.2 Å². The summed E-state index contributed by atoms with van der Waals surface area (Å²) < 4.78 is 19.7. The molecule has 0 radical (unpaired) electrons. The van der Waals surface area contributed by atoms with E-state index in [2.05, 4.69) is 10.2 Å². The third-order valence-electron chi connectivity index (χ3n) is 3.18. The first-order valence-electron chi connectivity index (χ1n) is 7.11. The zero-order chi connectivity index (χ0) is 16.9. The molecule has 0 aliphatic heterocycles. The normalized spacial score (nSPS) is 10.8. The summed E-state index contributed by atoms with van der Waals surface area (Å²) in [6.45, 7) is 0.435. The number of nitrogens with two attached hydrogens (primary N) is 1. The number of nitrogens with zero attached hydrogens (tertiary/aromatic N) is 3. The largest absolute Gasteiger partial charge is 0.493 e. The molecule has 0 aliphatic carbocycles. The van der Waals surface area contributed by atoms with Crippen LogP contribution in [-0.2, 0) is 0 Å². The molecule has 0 amide bonds. The van der Waals surface area contributed by atoms with Gasteiger partial charge < -0.3 is 10.6 Å². The highest BCUT2D eigenvalue weighted by molar-refractivity contribution is 7.99. The van der Waals surface area contributed by atoms with Gasteiger partial charge in [0.25, 0.3) is 0 Å². The van der Waals surface area contributed by atoms with E-state index < -0.39 is 0 Å². The summed E-state index contributed by atoms with van der Waals surface area (Å²) in [6.07, 6.45) is 0. The standard InChI is InChI=1S/C16H14ClFN4OS/c17-14-4-2-1-3-13(14)15-20-21-16(22(15)19)24-10-9-23-12-7-5-11(18)6-8-12/h1-8H,9-10,19H2. The fraction of sp³-hybridized carbons (Fsp3) is 0.125. The van der Waals surface area contributed by atoms with Crippen LogP contribution in [0.3, 0.4) is 0 Å². The lowest BCUT2D eigenvalue weighted by molar-refractivity contribution is 0.343. The van der Waals surface area contributed by atoms with Crippen molar-refractivity contribution in [3.05, 3.63) is 59.4 Å². The van der Waals surface area contributed by atoms with E-state index in [4.69, 9.17) is 22.2 Å². The van der Waals surface area contributed by atoms with Gasteiger partial charge in [-0.25, -0.2) is 9.07 Å². The van der Waals surface area contributed by atoms with E-state index in [0.717, 1.165) is 5.56 Å². The number of rotatable bonds is 6. The molecule has 0 aliphatic rings. The molecule has 0 saturated heterocycles. The fourth-order valence-electron chi connectivity index (χ4n) is 2.02. The van der Waals surface area contributed by atoms with Gasteiger partial charge in [0.2, 0.25) is 5.16 Å². The zero-order valence-electron chi connectivity index (χ0n) is 12.5. The number of hydrogen-bond acceptors (Lipinski definition) is 5. The Morgan fingerprint density at radius 2 is 1.88 bits per heavy atom. The number of hydrogen-bond donors (Lipinski definition) is 1. The van der Waals surface area contributed by atoms with Gasteiger partial charge in [-0.1, -0.05) is 35.5 Å². The van der Waals surface area contributed by atoms with Crippen molar-refractivity contribution in [2.45, 2.75) is 5.16 Å². The molecule has 124 valence electrons. The van der Waals surface area contributed by atoms with Crippen LogP contribution in [0.1, 0.15) is 0 Å². The average Bonchev–Trinajstić information content (AvgIpc) is 2.94. The number of benzene rings is 2. The molecule has 5 nitrogen and oxygen atoms in total. The molecule has 2 aromatic carbocycles. The smallest absolute Gasteiger partial charge is 0.210 e. The summed E-state index contributed by atoms with van der Waals surface area (Å²) in [5, 5.41) is 9.30. The van der Waals surface area contributed by atoms with E-state index in [9.17, 15) is 4.39 Å². The fourth-order valence-corrected chi connectivity index (χ4v) is 2.92. The predicted octanol–water partition coefficient (Wildman–Crippen LogP) is 3.62. The van der Waals surface area contributed by atoms with Gasteiger partial charge in [0.15, 0.2) is 5.82 Å². The van der Waals surface area contributed by atoms with Crippen LogP contribution >= 0.6 is 23.4 Å². The van der Waals surface area contributed by atoms with Crippen LogP contribution in [0.25, 0.3) is 11.4 Å². The topological polar surface area (TPSA) is 66.0 Å². The maximum Gasteiger partial charge on any atom is 0.210 e. The van der Waals surface area contributed by atoms with E-state index in [-0.39, 0.29) is 5.82 Å². The Kier molecular flexibility index (Phi) is 5.22. The number of thioether (sulfide) groups is 1. The van der Waals surface area contributed by atoms with E-state index in [0.29, 0.717) is 34.1 Å². The highest BCUT2D eigenvalue weighted by atomic mass is 35.5. The van der Waals surface area contributed by atoms with Crippen LogP contribution in [0.5, 0.6) is 5.75 Å². The minimum atomic E-state index is -0.292. The Morgan fingerprint density at radius 3 is 2.62 bits per heavy atom. The van der Waals surface area contributed by atoms with Gasteiger partial charge in [-0.3, -0.25) is 0 Å². The molecule has 0 bridgehead atoms. The highest BCUT2D eigenvalue weighted by Crippen LogP contribution is 2.27. The first kappa shape index (κ1) is 16.6. The zero-order valence-corrected chi connectivity index (χ0v) is 14.1. The van der Waals surface area contributed by atoms with Crippen molar-refractivity contribution in [1.82, 2.24) is 14.9 Å². The molecule has 1 heterocycles. The van der Waals surface area contributed by atoms with Crippen molar-refractivity contribution >= 4 is 23.4 Å². The number of nitrogen functional groups attached to an aromatic ring is 1. The molecule has 8 heteroatoms. The Labute approximate surface area is 147 Å². The Bertz CT molecular complexity index is 825. The molecule has 0 unspecified atom stereocenters. The summed E-state index contributed by atoms with van der Waals surface area (Å²) in [5.74, 6) is 7.49. The van der Waals surface area contributed by atoms with Crippen molar-refractivity contribution in [3.8, 4) is 17.1 Å². The van der Waals surface area contributed by atoms with Crippen LogP contribution in [0.15, 0.2) is 53.7 Å². The highest BCUT2D eigenvalue weighted by Gasteiger charge is 2.14. The summed E-state index contributed by atoms with van der Waals surface area (Å²) in [6, 6.07) is 13.2. The van der Waals surface area contributed by atoms with Crippen LogP contribution in [0.4, 0.5) is 4.39 Å². The van der Waals surface area contributed by atoms with Gasteiger partial charge in [-0.15, -0.1) is 10.2 Å². The second-order valence-corrected chi connectivity index (χ2v) is 6.28. The van der Waals surface area contributed by atoms with Gasteiger partial charge >= 0.3 is 0 Å². The SMILES string of the molecule is Nn1c(SCCOc2ccc(F)cc2)nnc1-c1ccccc1Cl. The maximum atomic E-state index is 12.8. The van der Waals surface area contributed by atoms with E-state index in [1.165, 1.54) is 28.6 Å². The quantitative estimate of drug-likeness (QED) is 0.411. The van der Waals surface area contributed by atoms with E-state index >= 15 is 0 Å². The number of aromatic nitrogens is 3. The van der Waals surface area contributed by atoms with Gasteiger partial charge in [0.1, 0.15) is 11.6 Å². The predicted molar refractivity (Wildman–Crippen MR) is 93.2 cm³/mol. The Morgan fingerprint density at radius 1 is 1.12 bits per heavy atom. The average molecular weight is 365 g/mol. The van der Waals surface area contributed by atoms with Crippen molar-refractivity contribution in [1.29, 1.82) is 0 Å². The van der Waals surface area contributed by atoms with Crippen LogP contribution in [0.2, 0.25) is 5.02 Å². The summed E-state index contributed by atoms with van der Waals surface area (Å²) in [7, 11) is 0. The van der Waals surface area contributed by atoms with Crippen molar-refractivity contribution < 1.29 is 9.13 Å². The minimum Gasteiger partial charge on any atom is -0.493 e.